The molecule has 0 heterocycles. The fraction of sp³-hybridized carbons (Fsp3) is 0.649. The zero-order valence-electron chi connectivity index (χ0n) is 26.6. The summed E-state index contributed by atoms with van der Waals surface area (Å²) in [6.07, 6.45) is 24.9. The van der Waals surface area contributed by atoms with Gasteiger partial charge in [0, 0.05) is 11.1 Å². The van der Waals surface area contributed by atoms with Crippen molar-refractivity contribution in [3.8, 4) is 23.0 Å². The first kappa shape index (κ1) is 35.5. The molecule has 0 bridgehead atoms. The number of phenols is 2. The Morgan fingerprint density at radius 1 is 0.500 bits per heavy atom. The van der Waals surface area contributed by atoms with Gasteiger partial charge in [-0.2, -0.15) is 0 Å². The maximum Gasteiger partial charge on any atom is 0.193 e. The molecule has 0 aliphatic heterocycles. The second-order valence-corrected chi connectivity index (χ2v) is 11.8. The lowest BCUT2D eigenvalue weighted by molar-refractivity contribution is 0.103. The van der Waals surface area contributed by atoms with Gasteiger partial charge in [-0.1, -0.05) is 129 Å². The van der Waals surface area contributed by atoms with E-state index in [1.165, 1.54) is 115 Å². The highest BCUT2D eigenvalue weighted by Gasteiger charge is 2.15. The molecule has 0 fully saturated rings. The summed E-state index contributed by atoms with van der Waals surface area (Å²) in [5.74, 6) is 0.512. The molecular formula is C37H58O5. The number of phenolic OH excluding ortho intramolecular Hbond substituents is 2. The summed E-state index contributed by atoms with van der Waals surface area (Å²) >= 11 is 0. The molecule has 0 unspecified atom stereocenters. The number of unbranched alkanes of at least 4 members (excludes halogenated alkanes) is 18. The van der Waals surface area contributed by atoms with Gasteiger partial charge in [0.15, 0.2) is 28.8 Å². The highest BCUT2D eigenvalue weighted by Crippen LogP contribution is 2.31. The molecule has 236 valence electrons. The number of hydrogen-bond donors (Lipinski definition) is 2. The first-order chi connectivity index (χ1) is 20.6. The van der Waals surface area contributed by atoms with Crippen molar-refractivity contribution in [3.05, 3.63) is 47.5 Å². The number of ketones is 1. The molecule has 0 saturated carbocycles. The molecule has 0 spiro atoms. The number of ether oxygens (including phenoxy) is 2. The molecule has 0 aliphatic rings. The van der Waals surface area contributed by atoms with Gasteiger partial charge in [-0.15, -0.1) is 0 Å². The van der Waals surface area contributed by atoms with Crippen LogP contribution < -0.4 is 9.47 Å². The van der Waals surface area contributed by atoms with Gasteiger partial charge in [-0.3, -0.25) is 4.79 Å². The quantitative estimate of drug-likeness (QED) is 0.0852. The SMILES string of the molecule is CCCCCCCCCCCCOc1cc(C(=O)c2ccc(O)c(OCCCCCCCCCCCC)c2)ccc1O. The first-order valence-electron chi connectivity index (χ1n) is 17.0. The Morgan fingerprint density at radius 3 is 1.14 bits per heavy atom. The van der Waals surface area contributed by atoms with Crippen molar-refractivity contribution in [1.29, 1.82) is 0 Å². The summed E-state index contributed by atoms with van der Waals surface area (Å²) in [5.41, 5.74) is 0.856. The lowest BCUT2D eigenvalue weighted by Gasteiger charge is -2.12. The molecule has 2 aromatic carbocycles. The topological polar surface area (TPSA) is 76.0 Å². The van der Waals surface area contributed by atoms with Crippen LogP contribution >= 0.6 is 0 Å². The number of aromatic hydroxyl groups is 2. The summed E-state index contributed by atoms with van der Waals surface area (Å²) in [5, 5.41) is 20.5. The minimum Gasteiger partial charge on any atom is -0.504 e. The van der Waals surface area contributed by atoms with Gasteiger partial charge in [-0.25, -0.2) is 0 Å². The van der Waals surface area contributed by atoms with Crippen LogP contribution in [0.4, 0.5) is 0 Å². The van der Waals surface area contributed by atoms with Crippen molar-refractivity contribution in [3.63, 3.8) is 0 Å². The summed E-state index contributed by atoms with van der Waals surface area (Å²) < 4.78 is 11.7. The minimum atomic E-state index is -0.206. The van der Waals surface area contributed by atoms with E-state index < -0.39 is 0 Å². The fourth-order valence-electron chi connectivity index (χ4n) is 5.25. The Balaban J connectivity index is 1.72. The van der Waals surface area contributed by atoms with E-state index in [1.807, 2.05) is 0 Å². The van der Waals surface area contributed by atoms with E-state index in [9.17, 15) is 15.0 Å². The first-order valence-corrected chi connectivity index (χ1v) is 17.0. The number of carbonyl (C=O) groups excluding carboxylic acids is 1. The van der Waals surface area contributed by atoms with E-state index in [1.54, 1.807) is 24.3 Å². The molecule has 2 N–H and O–H groups in total. The number of carbonyl (C=O) groups is 1. The van der Waals surface area contributed by atoms with E-state index in [0.29, 0.717) is 35.8 Å². The Labute approximate surface area is 256 Å². The van der Waals surface area contributed by atoms with Crippen LogP contribution in [-0.2, 0) is 0 Å². The van der Waals surface area contributed by atoms with E-state index in [4.69, 9.17) is 9.47 Å². The van der Waals surface area contributed by atoms with Gasteiger partial charge in [0.25, 0.3) is 0 Å². The second-order valence-electron chi connectivity index (χ2n) is 11.8. The Kier molecular flexibility index (Phi) is 19.3. The van der Waals surface area contributed by atoms with Crippen LogP contribution in [0.3, 0.4) is 0 Å². The largest absolute Gasteiger partial charge is 0.504 e. The third-order valence-electron chi connectivity index (χ3n) is 7.95. The summed E-state index contributed by atoms with van der Waals surface area (Å²) in [4.78, 5) is 13.2. The van der Waals surface area contributed by atoms with Gasteiger partial charge in [-0.05, 0) is 49.2 Å². The molecule has 42 heavy (non-hydrogen) atoms. The predicted octanol–water partition coefficient (Wildman–Crippen LogP) is 10.9. The minimum absolute atomic E-state index is 0.0323. The molecule has 0 aromatic heterocycles. The van der Waals surface area contributed by atoms with Crippen LogP contribution in [0.5, 0.6) is 23.0 Å². The molecule has 0 aliphatic carbocycles. The van der Waals surface area contributed by atoms with Crippen LogP contribution in [0.15, 0.2) is 36.4 Å². The van der Waals surface area contributed by atoms with Gasteiger partial charge < -0.3 is 19.7 Å². The van der Waals surface area contributed by atoms with Crippen molar-refractivity contribution >= 4 is 5.78 Å². The third-order valence-corrected chi connectivity index (χ3v) is 7.95. The molecule has 2 rings (SSSR count). The Hall–Kier alpha value is -2.69. The third kappa shape index (κ3) is 15.0. The van der Waals surface area contributed by atoms with Gasteiger partial charge in [0.2, 0.25) is 0 Å². The van der Waals surface area contributed by atoms with Crippen LogP contribution in [-0.4, -0.2) is 29.2 Å². The number of benzene rings is 2. The van der Waals surface area contributed by atoms with Crippen molar-refractivity contribution < 1.29 is 24.5 Å². The molecule has 5 heteroatoms. The highest BCUT2D eigenvalue weighted by molar-refractivity contribution is 6.09. The second kappa shape index (κ2) is 22.9. The van der Waals surface area contributed by atoms with Crippen LogP contribution in [0.25, 0.3) is 0 Å². The maximum atomic E-state index is 13.2. The molecule has 0 atom stereocenters. The molecule has 2 aromatic rings. The van der Waals surface area contributed by atoms with E-state index >= 15 is 0 Å². The predicted molar refractivity (Wildman–Crippen MR) is 174 cm³/mol. The molecule has 5 nitrogen and oxygen atoms in total. The Morgan fingerprint density at radius 2 is 0.810 bits per heavy atom. The van der Waals surface area contributed by atoms with E-state index in [2.05, 4.69) is 13.8 Å². The van der Waals surface area contributed by atoms with Crippen molar-refractivity contribution in [1.82, 2.24) is 0 Å². The zero-order valence-corrected chi connectivity index (χ0v) is 26.6. The molecular weight excluding hydrogens is 524 g/mol. The van der Waals surface area contributed by atoms with Gasteiger partial charge in [0.1, 0.15) is 0 Å². The smallest absolute Gasteiger partial charge is 0.193 e. The average Bonchev–Trinajstić information content (AvgIpc) is 3.00. The number of hydrogen-bond acceptors (Lipinski definition) is 5. The van der Waals surface area contributed by atoms with Crippen molar-refractivity contribution in [2.45, 2.75) is 142 Å². The maximum absolute atomic E-state index is 13.2. The van der Waals surface area contributed by atoms with E-state index in [-0.39, 0.29) is 17.3 Å². The van der Waals surface area contributed by atoms with Crippen LogP contribution in [0, 0.1) is 0 Å². The molecule has 0 radical (unpaired) electrons. The van der Waals surface area contributed by atoms with Crippen LogP contribution in [0.1, 0.15) is 158 Å². The highest BCUT2D eigenvalue weighted by atomic mass is 16.5. The summed E-state index contributed by atoms with van der Waals surface area (Å²) in [6, 6.07) is 9.41. The fourth-order valence-corrected chi connectivity index (χ4v) is 5.25. The number of rotatable bonds is 26. The Bertz CT molecular complexity index is 909. The summed E-state index contributed by atoms with van der Waals surface area (Å²) in [6.45, 7) is 5.52. The van der Waals surface area contributed by atoms with Crippen molar-refractivity contribution in [2.24, 2.45) is 0 Å². The monoisotopic (exact) mass is 582 g/mol. The van der Waals surface area contributed by atoms with Gasteiger partial charge in [0.05, 0.1) is 13.2 Å². The van der Waals surface area contributed by atoms with Crippen LogP contribution in [0.2, 0.25) is 0 Å². The normalized spacial score (nSPS) is 11.1. The standard InChI is InChI=1S/C37H58O5/c1-3-5-7-9-11-13-15-17-19-21-27-41-35-29-31(23-25-33(35)38)37(40)32-24-26-34(39)36(30-32)42-28-22-20-18-16-14-12-10-8-6-4-2/h23-26,29-30,38-39H,3-22,27-28H2,1-2H3. The van der Waals surface area contributed by atoms with E-state index in [0.717, 1.165) is 25.7 Å². The molecule has 0 saturated heterocycles. The lowest BCUT2D eigenvalue weighted by atomic mass is 10.0. The molecule has 0 amide bonds. The summed E-state index contributed by atoms with van der Waals surface area (Å²) in [7, 11) is 0. The van der Waals surface area contributed by atoms with Crippen molar-refractivity contribution in [2.75, 3.05) is 13.2 Å². The zero-order chi connectivity index (χ0) is 30.3. The lowest BCUT2D eigenvalue weighted by Crippen LogP contribution is -2.04. The average molecular weight is 583 g/mol. The van der Waals surface area contributed by atoms with Gasteiger partial charge >= 0.3 is 0 Å².